The summed E-state index contributed by atoms with van der Waals surface area (Å²) in [5.41, 5.74) is 2.10. The van der Waals surface area contributed by atoms with E-state index >= 15 is 0 Å². The van der Waals surface area contributed by atoms with Gasteiger partial charge in [0.25, 0.3) is 0 Å². The van der Waals surface area contributed by atoms with E-state index in [4.69, 9.17) is 14.6 Å². The molecular weight excluding hydrogens is 505 g/mol. The third-order valence-electron chi connectivity index (χ3n) is 5.56. The molecule has 1 aromatic carbocycles. The molecule has 1 saturated heterocycles. The van der Waals surface area contributed by atoms with E-state index in [0.29, 0.717) is 41.8 Å². The van der Waals surface area contributed by atoms with Gasteiger partial charge in [0.15, 0.2) is 6.29 Å². The Balaban J connectivity index is 2.04. The van der Waals surface area contributed by atoms with Crippen LogP contribution in [0.1, 0.15) is 56.7 Å². The van der Waals surface area contributed by atoms with Crippen molar-refractivity contribution in [1.82, 2.24) is 9.97 Å². The quantitative estimate of drug-likeness (QED) is 0.391. The maximum Gasteiger partial charge on any atom is 0.305 e. The number of aliphatic hydroxyl groups excluding tert-OH is 1. The number of nitrogens with one attached hydrogen (secondary N) is 1. The summed E-state index contributed by atoms with van der Waals surface area (Å²) < 4.78 is 51.4. The van der Waals surface area contributed by atoms with Crippen LogP contribution < -0.4 is 4.72 Å². The standard InChI is InChI=1S/C25H32FN3O7S/c1-15(2)23-20(11-10-18-13-19(14-21(31)32)36-22(35-18)5-4-12-30)24(16-6-8-17(26)9-7-16)28-25(27-23)29-37(3,33)34/h6-11,15,18-19,22,30H,4-5,12-14H2,1-3H3,(H,31,32)(H,27,28,29)/b11-10+/t18-,19-,22?/m1/s1. The fourth-order valence-electron chi connectivity index (χ4n) is 3.99. The van der Waals surface area contributed by atoms with Crippen LogP contribution >= 0.6 is 0 Å². The number of aromatic nitrogens is 2. The summed E-state index contributed by atoms with van der Waals surface area (Å²) in [6.45, 7) is 3.76. The number of carboxylic acids is 1. The number of aliphatic hydroxyl groups is 1. The fraction of sp³-hybridized carbons (Fsp3) is 0.480. The van der Waals surface area contributed by atoms with Crippen molar-refractivity contribution in [3.63, 3.8) is 0 Å². The molecule has 2 aromatic rings. The van der Waals surface area contributed by atoms with Crippen LogP contribution in [-0.4, -0.2) is 65.9 Å². The number of benzene rings is 1. The normalized spacial score (nSPS) is 20.4. The van der Waals surface area contributed by atoms with Gasteiger partial charge in [0.2, 0.25) is 16.0 Å². The molecule has 1 aliphatic rings. The van der Waals surface area contributed by atoms with Gasteiger partial charge in [-0.1, -0.05) is 26.0 Å². The molecule has 2 heterocycles. The largest absolute Gasteiger partial charge is 0.481 e. The lowest BCUT2D eigenvalue weighted by molar-refractivity contribution is -0.236. The molecule has 0 spiro atoms. The van der Waals surface area contributed by atoms with Gasteiger partial charge in [0, 0.05) is 30.6 Å². The number of aliphatic carboxylic acids is 1. The molecule has 10 nitrogen and oxygen atoms in total. The molecule has 1 unspecified atom stereocenters. The number of hydrogen-bond acceptors (Lipinski definition) is 8. The minimum atomic E-state index is -3.65. The lowest BCUT2D eigenvalue weighted by Crippen LogP contribution is -2.38. The first-order chi connectivity index (χ1) is 17.4. The zero-order valence-corrected chi connectivity index (χ0v) is 21.7. The third-order valence-corrected chi connectivity index (χ3v) is 6.11. The Morgan fingerprint density at radius 2 is 1.95 bits per heavy atom. The second kappa shape index (κ2) is 12.5. The first-order valence-corrected chi connectivity index (χ1v) is 13.8. The number of halogens is 1. The Bertz CT molecular complexity index is 1220. The molecule has 12 heteroatoms. The Morgan fingerprint density at radius 3 is 2.54 bits per heavy atom. The SMILES string of the molecule is CC(C)c1nc(NS(C)(=O)=O)nc(-c2ccc(F)cc2)c1/C=C/[C@@H]1C[C@H](CC(=O)O)OC(CCCO)O1. The third kappa shape index (κ3) is 8.56. The van der Waals surface area contributed by atoms with Gasteiger partial charge < -0.3 is 19.7 Å². The number of ether oxygens (including phenoxy) is 2. The van der Waals surface area contributed by atoms with E-state index in [1.807, 2.05) is 13.8 Å². The minimum Gasteiger partial charge on any atom is -0.481 e. The molecule has 0 amide bonds. The van der Waals surface area contributed by atoms with Crippen LogP contribution in [0.25, 0.3) is 17.3 Å². The summed E-state index contributed by atoms with van der Waals surface area (Å²) in [6.07, 6.45) is 3.77. The van der Waals surface area contributed by atoms with E-state index in [1.165, 1.54) is 12.1 Å². The molecule has 0 bridgehead atoms. The van der Waals surface area contributed by atoms with Crippen LogP contribution in [0.15, 0.2) is 30.3 Å². The van der Waals surface area contributed by atoms with Crippen molar-refractivity contribution in [2.75, 3.05) is 17.6 Å². The van der Waals surface area contributed by atoms with Crippen molar-refractivity contribution in [3.8, 4) is 11.3 Å². The van der Waals surface area contributed by atoms with Gasteiger partial charge in [-0.2, -0.15) is 0 Å². The maximum absolute atomic E-state index is 13.6. The van der Waals surface area contributed by atoms with Gasteiger partial charge in [-0.25, -0.2) is 22.8 Å². The smallest absolute Gasteiger partial charge is 0.305 e. The zero-order valence-electron chi connectivity index (χ0n) is 20.9. The number of anilines is 1. The number of hydrogen-bond donors (Lipinski definition) is 3. The Kier molecular flexibility index (Phi) is 9.71. The summed E-state index contributed by atoms with van der Waals surface area (Å²) in [7, 11) is -3.65. The van der Waals surface area contributed by atoms with Crippen LogP contribution in [0.2, 0.25) is 0 Å². The topological polar surface area (TPSA) is 148 Å². The van der Waals surface area contributed by atoms with Crippen LogP contribution in [0.3, 0.4) is 0 Å². The first kappa shape index (κ1) is 28.6. The molecule has 0 saturated carbocycles. The van der Waals surface area contributed by atoms with E-state index < -0.39 is 40.3 Å². The number of rotatable bonds is 11. The molecule has 3 N–H and O–H groups in total. The summed E-state index contributed by atoms with van der Waals surface area (Å²) in [5.74, 6) is -1.65. The van der Waals surface area contributed by atoms with Crippen molar-refractivity contribution in [2.45, 2.75) is 63.9 Å². The molecule has 0 aliphatic carbocycles. The lowest BCUT2D eigenvalue weighted by Gasteiger charge is -2.34. The molecule has 0 radical (unpaired) electrons. The second-order valence-electron chi connectivity index (χ2n) is 9.15. The van der Waals surface area contributed by atoms with Crippen molar-refractivity contribution in [1.29, 1.82) is 0 Å². The van der Waals surface area contributed by atoms with E-state index in [0.717, 1.165) is 6.26 Å². The Hall–Kier alpha value is -2.93. The summed E-state index contributed by atoms with van der Waals surface area (Å²) >= 11 is 0. The zero-order chi connectivity index (χ0) is 27.2. The van der Waals surface area contributed by atoms with E-state index in [9.17, 15) is 22.7 Å². The number of sulfonamides is 1. The van der Waals surface area contributed by atoms with Gasteiger partial charge in [-0.05, 0) is 36.6 Å². The highest BCUT2D eigenvalue weighted by molar-refractivity contribution is 7.91. The van der Waals surface area contributed by atoms with E-state index in [1.54, 1.807) is 24.3 Å². The second-order valence-corrected chi connectivity index (χ2v) is 10.9. The maximum atomic E-state index is 13.6. The summed E-state index contributed by atoms with van der Waals surface area (Å²) in [6, 6.07) is 5.66. The first-order valence-electron chi connectivity index (χ1n) is 11.9. The highest BCUT2D eigenvalue weighted by atomic mass is 32.2. The van der Waals surface area contributed by atoms with Crippen molar-refractivity contribution >= 4 is 28.0 Å². The van der Waals surface area contributed by atoms with E-state index in [-0.39, 0.29) is 24.9 Å². The number of carbonyl (C=O) groups is 1. The Labute approximate surface area is 215 Å². The van der Waals surface area contributed by atoms with Gasteiger partial charge >= 0.3 is 5.97 Å². The van der Waals surface area contributed by atoms with Crippen LogP contribution in [0.4, 0.5) is 10.3 Å². The predicted molar refractivity (Wildman–Crippen MR) is 136 cm³/mol. The van der Waals surface area contributed by atoms with Crippen LogP contribution in [0.5, 0.6) is 0 Å². The molecule has 37 heavy (non-hydrogen) atoms. The monoisotopic (exact) mass is 537 g/mol. The van der Waals surface area contributed by atoms with Gasteiger partial charge in [0.05, 0.1) is 36.3 Å². The molecule has 202 valence electrons. The average Bonchev–Trinajstić information content (AvgIpc) is 2.80. The van der Waals surface area contributed by atoms with Gasteiger partial charge in [-0.3, -0.25) is 9.52 Å². The van der Waals surface area contributed by atoms with E-state index in [2.05, 4.69) is 14.7 Å². The fourth-order valence-corrected chi connectivity index (χ4v) is 4.41. The van der Waals surface area contributed by atoms with Crippen molar-refractivity contribution in [3.05, 3.63) is 47.4 Å². The van der Waals surface area contributed by atoms with Gasteiger partial charge in [0.1, 0.15) is 5.82 Å². The van der Waals surface area contributed by atoms with Crippen molar-refractivity contribution < 1.29 is 37.3 Å². The van der Waals surface area contributed by atoms with Crippen LogP contribution in [0, 0.1) is 5.82 Å². The average molecular weight is 538 g/mol. The van der Waals surface area contributed by atoms with Crippen molar-refractivity contribution in [2.24, 2.45) is 0 Å². The molecule has 1 aromatic heterocycles. The summed E-state index contributed by atoms with van der Waals surface area (Å²) in [5, 5.41) is 18.4. The molecule has 3 rings (SSSR count). The molecule has 1 fully saturated rings. The molecule has 1 aliphatic heterocycles. The Morgan fingerprint density at radius 1 is 1.24 bits per heavy atom. The number of nitrogens with zero attached hydrogens (tertiary/aromatic N) is 2. The number of carboxylic acid groups (broad SMARTS) is 1. The highest BCUT2D eigenvalue weighted by Crippen LogP contribution is 2.32. The summed E-state index contributed by atoms with van der Waals surface area (Å²) in [4.78, 5) is 20.1. The molecule has 3 atom stereocenters. The molecular formula is C25H32FN3O7S. The van der Waals surface area contributed by atoms with Crippen LogP contribution in [-0.2, 0) is 24.3 Å². The lowest BCUT2D eigenvalue weighted by atomic mass is 9.97. The van der Waals surface area contributed by atoms with Gasteiger partial charge in [-0.15, -0.1) is 0 Å². The minimum absolute atomic E-state index is 0.0443. The highest BCUT2D eigenvalue weighted by Gasteiger charge is 2.30. The predicted octanol–water partition coefficient (Wildman–Crippen LogP) is 3.54.